The van der Waals surface area contributed by atoms with Crippen LogP contribution < -0.4 is 5.32 Å². The fourth-order valence-electron chi connectivity index (χ4n) is 1.57. The fourth-order valence-corrected chi connectivity index (χ4v) is 1.57. The monoisotopic (exact) mass is 199 g/mol. The molecule has 1 saturated heterocycles. The van der Waals surface area contributed by atoms with Gasteiger partial charge in [-0.25, -0.2) is 0 Å². The lowest BCUT2D eigenvalue weighted by Crippen LogP contribution is -2.26. The topological polar surface area (TPSA) is 38.3 Å². The molecule has 14 heavy (non-hydrogen) atoms. The first-order valence-electron chi connectivity index (χ1n) is 5.30. The molecule has 2 unspecified atom stereocenters. The van der Waals surface area contributed by atoms with Gasteiger partial charge in [0.1, 0.15) is 0 Å². The van der Waals surface area contributed by atoms with Gasteiger partial charge in [0.2, 0.25) is 0 Å². The highest BCUT2D eigenvalue weighted by Crippen LogP contribution is 2.18. The summed E-state index contributed by atoms with van der Waals surface area (Å²) in [6, 6.07) is 0.563. The van der Waals surface area contributed by atoms with Crippen LogP contribution in [0, 0.1) is 11.3 Å². The van der Waals surface area contributed by atoms with E-state index in [4.69, 9.17) is 4.74 Å². The van der Waals surface area contributed by atoms with Crippen LogP contribution in [0.5, 0.6) is 0 Å². The van der Waals surface area contributed by atoms with E-state index in [9.17, 15) is 4.79 Å². The number of rotatable bonds is 2. The summed E-state index contributed by atoms with van der Waals surface area (Å²) in [4.78, 5) is 11.5. The van der Waals surface area contributed by atoms with E-state index in [2.05, 4.69) is 12.2 Å². The van der Waals surface area contributed by atoms with Crippen LogP contribution in [-0.2, 0) is 9.53 Å². The first-order valence-corrected chi connectivity index (χ1v) is 5.30. The van der Waals surface area contributed by atoms with Crippen molar-refractivity contribution in [3.8, 4) is 0 Å². The largest absolute Gasteiger partial charge is 0.465 e. The zero-order valence-electron chi connectivity index (χ0n) is 9.59. The predicted molar refractivity (Wildman–Crippen MR) is 56.0 cm³/mol. The molecule has 0 aromatic carbocycles. The molecule has 0 saturated carbocycles. The van der Waals surface area contributed by atoms with Crippen molar-refractivity contribution in [2.24, 2.45) is 11.3 Å². The zero-order chi connectivity index (χ0) is 10.8. The van der Waals surface area contributed by atoms with E-state index in [-0.39, 0.29) is 11.4 Å². The number of ether oxygens (including phenoxy) is 1. The Kier molecular flexibility index (Phi) is 3.53. The van der Waals surface area contributed by atoms with Crippen molar-refractivity contribution in [1.29, 1.82) is 0 Å². The summed E-state index contributed by atoms with van der Waals surface area (Å²) in [5.74, 6) is 0.397. The van der Waals surface area contributed by atoms with Gasteiger partial charge in [0.25, 0.3) is 0 Å². The van der Waals surface area contributed by atoms with Gasteiger partial charge in [-0.2, -0.15) is 0 Å². The van der Waals surface area contributed by atoms with Crippen LogP contribution in [0.4, 0.5) is 0 Å². The van der Waals surface area contributed by atoms with Gasteiger partial charge in [0.05, 0.1) is 12.0 Å². The average Bonchev–Trinajstić information content (AvgIpc) is 2.45. The molecule has 1 aliphatic rings. The summed E-state index contributed by atoms with van der Waals surface area (Å²) < 4.78 is 5.26. The third-order valence-corrected chi connectivity index (χ3v) is 2.50. The van der Waals surface area contributed by atoms with Crippen LogP contribution >= 0.6 is 0 Å². The summed E-state index contributed by atoms with van der Waals surface area (Å²) in [6.07, 6.45) is 1.11. The maximum absolute atomic E-state index is 11.5. The fraction of sp³-hybridized carbons (Fsp3) is 0.909. The van der Waals surface area contributed by atoms with E-state index in [1.54, 1.807) is 0 Å². The Balaban J connectivity index is 2.24. The normalized spacial score (nSPS) is 27.7. The second kappa shape index (κ2) is 4.30. The van der Waals surface area contributed by atoms with E-state index in [0.29, 0.717) is 18.6 Å². The molecule has 2 atom stereocenters. The quantitative estimate of drug-likeness (QED) is 0.686. The summed E-state index contributed by atoms with van der Waals surface area (Å²) in [5, 5.41) is 3.34. The number of carbonyl (C=O) groups is 1. The highest BCUT2D eigenvalue weighted by Gasteiger charge is 2.26. The van der Waals surface area contributed by atoms with Crippen molar-refractivity contribution >= 4 is 5.97 Å². The lowest BCUT2D eigenvalue weighted by molar-refractivity contribution is -0.154. The Morgan fingerprint density at radius 1 is 1.50 bits per heavy atom. The van der Waals surface area contributed by atoms with Gasteiger partial charge in [-0.1, -0.05) is 0 Å². The molecule has 3 heteroatoms. The maximum atomic E-state index is 11.5. The highest BCUT2D eigenvalue weighted by molar-refractivity contribution is 5.75. The van der Waals surface area contributed by atoms with Gasteiger partial charge in [-0.3, -0.25) is 4.79 Å². The molecule has 0 aromatic heterocycles. The Labute approximate surface area is 86.2 Å². The van der Waals surface area contributed by atoms with Crippen LogP contribution in [0.15, 0.2) is 0 Å². The lowest BCUT2D eigenvalue weighted by atomic mass is 9.97. The molecule has 0 bridgehead atoms. The molecule has 1 fully saturated rings. The van der Waals surface area contributed by atoms with Crippen LogP contribution in [0.3, 0.4) is 0 Å². The van der Waals surface area contributed by atoms with Crippen molar-refractivity contribution in [1.82, 2.24) is 5.32 Å². The van der Waals surface area contributed by atoms with E-state index in [1.165, 1.54) is 0 Å². The molecule has 82 valence electrons. The zero-order valence-corrected chi connectivity index (χ0v) is 9.59. The number of hydrogen-bond acceptors (Lipinski definition) is 3. The molecule has 0 aliphatic carbocycles. The van der Waals surface area contributed by atoms with Crippen molar-refractivity contribution in [2.45, 2.75) is 40.2 Å². The van der Waals surface area contributed by atoms with Gasteiger partial charge in [0, 0.05) is 18.5 Å². The maximum Gasteiger partial charge on any atom is 0.311 e. The van der Waals surface area contributed by atoms with Crippen LogP contribution in [0.1, 0.15) is 34.1 Å². The second-order valence-electron chi connectivity index (χ2n) is 5.26. The Hall–Kier alpha value is -0.570. The van der Waals surface area contributed by atoms with E-state index in [1.807, 2.05) is 20.8 Å². The van der Waals surface area contributed by atoms with Crippen LogP contribution in [0.25, 0.3) is 0 Å². The van der Waals surface area contributed by atoms with Gasteiger partial charge < -0.3 is 10.1 Å². The summed E-state index contributed by atoms with van der Waals surface area (Å²) in [5.41, 5.74) is -0.377. The Bertz CT molecular complexity index is 208. The minimum absolute atomic E-state index is 0.1000. The number of carbonyl (C=O) groups excluding carboxylic acids is 1. The van der Waals surface area contributed by atoms with Crippen molar-refractivity contribution < 1.29 is 9.53 Å². The van der Waals surface area contributed by atoms with E-state index < -0.39 is 0 Å². The van der Waals surface area contributed by atoms with Gasteiger partial charge >= 0.3 is 5.97 Å². The van der Waals surface area contributed by atoms with Gasteiger partial charge in [-0.15, -0.1) is 0 Å². The predicted octanol–water partition coefficient (Wildman–Crippen LogP) is 1.57. The average molecular weight is 199 g/mol. The van der Waals surface area contributed by atoms with Gasteiger partial charge in [-0.05, 0) is 34.1 Å². The molecule has 1 aliphatic heterocycles. The van der Waals surface area contributed by atoms with Crippen molar-refractivity contribution in [3.63, 3.8) is 0 Å². The number of esters is 1. The molecule has 1 N–H and O–H groups in total. The molecule has 0 aromatic rings. The van der Waals surface area contributed by atoms with Crippen LogP contribution in [0.2, 0.25) is 0 Å². The third kappa shape index (κ3) is 3.29. The first kappa shape index (κ1) is 11.5. The molecule has 1 rings (SSSR count). The standard InChI is InChI=1S/C11H21NO2/c1-8-5-9(6-12-8)7-14-10(13)11(2,3)4/h8-9,12H,5-7H2,1-4H3. The first-order chi connectivity index (χ1) is 6.39. The number of hydrogen-bond donors (Lipinski definition) is 1. The van der Waals surface area contributed by atoms with Crippen molar-refractivity contribution in [3.05, 3.63) is 0 Å². The van der Waals surface area contributed by atoms with Gasteiger partial charge in [0.15, 0.2) is 0 Å². The lowest BCUT2D eigenvalue weighted by Gasteiger charge is -2.18. The molecule has 0 radical (unpaired) electrons. The summed E-state index contributed by atoms with van der Waals surface area (Å²) in [6.45, 7) is 9.33. The minimum Gasteiger partial charge on any atom is -0.465 e. The van der Waals surface area contributed by atoms with E-state index >= 15 is 0 Å². The third-order valence-electron chi connectivity index (χ3n) is 2.50. The summed E-state index contributed by atoms with van der Waals surface area (Å²) >= 11 is 0. The number of nitrogens with one attached hydrogen (secondary N) is 1. The molecule has 1 heterocycles. The smallest absolute Gasteiger partial charge is 0.311 e. The highest BCUT2D eigenvalue weighted by atomic mass is 16.5. The van der Waals surface area contributed by atoms with Crippen LogP contribution in [-0.4, -0.2) is 25.2 Å². The SMILES string of the molecule is CC1CC(COC(=O)C(C)(C)C)CN1. The molecule has 0 amide bonds. The molecular formula is C11H21NO2. The minimum atomic E-state index is -0.377. The molecule has 0 spiro atoms. The Morgan fingerprint density at radius 2 is 2.14 bits per heavy atom. The molecular weight excluding hydrogens is 178 g/mol. The summed E-state index contributed by atoms with van der Waals surface area (Å²) in [7, 11) is 0. The van der Waals surface area contributed by atoms with E-state index in [0.717, 1.165) is 13.0 Å². The Morgan fingerprint density at radius 3 is 2.57 bits per heavy atom. The second-order valence-corrected chi connectivity index (χ2v) is 5.26. The molecule has 3 nitrogen and oxygen atoms in total. The van der Waals surface area contributed by atoms with Crippen molar-refractivity contribution in [2.75, 3.05) is 13.2 Å².